The number of Topliss-reactive ketones (excluding diaryl/α,β-unsaturated/α-hetero) is 1. The number of allylic oxidation sites excluding steroid dienone is 2. The van der Waals surface area contributed by atoms with Crippen LogP contribution >= 0.6 is 0 Å². The third-order valence-corrected chi connectivity index (χ3v) is 13.5. The van der Waals surface area contributed by atoms with Crippen LogP contribution in [0.3, 0.4) is 0 Å². The number of aromatic hydroxyl groups is 3. The number of phenols is 3. The summed E-state index contributed by atoms with van der Waals surface area (Å²) in [6.07, 6.45) is 5.01. The Kier molecular flexibility index (Phi) is 18.6. The highest BCUT2D eigenvalue weighted by molar-refractivity contribution is 6.23. The van der Waals surface area contributed by atoms with Crippen molar-refractivity contribution in [3.8, 4) is 23.0 Å². The minimum atomic E-state index is -2.04. The summed E-state index contributed by atoms with van der Waals surface area (Å²) in [4.78, 5) is 53.0. The fraction of sp³-hybridized carbons (Fsp3) is 0.481. The van der Waals surface area contributed by atoms with E-state index in [0.29, 0.717) is 18.7 Å². The Hall–Kier alpha value is -6.58. The number of piperazine rings is 1. The minimum absolute atomic E-state index is 0.0559. The van der Waals surface area contributed by atoms with Gasteiger partial charge in [-0.15, -0.1) is 0 Å². The van der Waals surface area contributed by atoms with Crippen LogP contribution in [0.4, 0.5) is 10.1 Å². The van der Waals surface area contributed by atoms with E-state index in [0.717, 1.165) is 13.1 Å². The molecule has 20 heteroatoms. The maximum absolute atomic E-state index is 14.4. The number of amides is 1. The van der Waals surface area contributed by atoms with E-state index in [4.69, 9.17) is 29.8 Å². The smallest absolute Gasteiger partial charge is 0.320 e. The quantitative estimate of drug-likeness (QED) is 0.0660. The number of nitrogens with one attached hydrogen (secondary N) is 1. The average molecular weight is 1010 g/mol. The van der Waals surface area contributed by atoms with Crippen LogP contribution in [0.5, 0.6) is 23.0 Å². The standard InChI is InChI=1S/C43H58N4O12.C9H10FNO2/c1-21-12-11-13-22(2)42(55)45-33-28(20-44-47-17-15-46(9)16-18-47)37(52)30-31(38(33)53)36(51)26(6)40-32(30)41(54)43(8,59-40)57-19-14-29(56-10)23(3)39(58-27(7)48)25(5)35(50)24(4)34(21)49;10-7-3-1-2-6(4-7)5-8(11)9(12)13/h11-14,19-21,23-25,29,34-35,39,49-53H,15-18H2,1-10H3,(H,45,55);1-4,8H,5,11H2,(H,12,13)/b12-11+,19-14+,22-13-,44-20+;/t21-,23+,24+,25+,29-,34-,35+,39+,43-;/m0./s1. The molecule has 4 aliphatic rings. The first-order valence-corrected chi connectivity index (χ1v) is 23.6. The molecule has 1 amide bonds. The number of hydrogen-bond donors (Lipinski definition) is 8. The average Bonchev–Trinajstić information content (AvgIpc) is 3.60. The minimum Gasteiger partial charge on any atom is -0.507 e. The molecule has 0 saturated carbocycles. The van der Waals surface area contributed by atoms with Crippen LogP contribution < -0.4 is 15.8 Å². The molecule has 72 heavy (non-hydrogen) atoms. The number of methoxy groups -OCH3 is 1. The second-order valence-electron chi connectivity index (χ2n) is 18.9. The molecule has 1 fully saturated rings. The van der Waals surface area contributed by atoms with Gasteiger partial charge in [-0.1, -0.05) is 58.1 Å². The fourth-order valence-electron chi connectivity index (χ4n) is 8.93. The van der Waals surface area contributed by atoms with Gasteiger partial charge in [0.1, 0.15) is 35.2 Å². The molecular weight excluding hydrogens is 938 g/mol. The van der Waals surface area contributed by atoms with E-state index in [1.165, 1.54) is 77.6 Å². The predicted octanol–water partition coefficient (Wildman–Crippen LogP) is 5.12. The van der Waals surface area contributed by atoms with Gasteiger partial charge in [0.15, 0.2) is 5.75 Å². The molecule has 392 valence electrons. The zero-order chi connectivity index (χ0) is 53.5. The molecule has 10 atom stereocenters. The number of ether oxygens (including phenoxy) is 4. The van der Waals surface area contributed by atoms with E-state index >= 15 is 0 Å². The second kappa shape index (κ2) is 23.8. The van der Waals surface area contributed by atoms with Crippen molar-refractivity contribution in [1.29, 1.82) is 0 Å². The number of carbonyl (C=O) groups is 4. The Balaban J connectivity index is 0.000000642. The van der Waals surface area contributed by atoms with Crippen LogP contribution in [-0.4, -0.2) is 147 Å². The number of fused-ring (bicyclic) bond motifs is 14. The molecule has 0 aromatic heterocycles. The van der Waals surface area contributed by atoms with E-state index in [1.807, 2.05) is 7.05 Å². The number of likely N-dealkylation sites (N-methyl/N-ethyl adjacent to an activating group) is 1. The number of anilines is 1. The van der Waals surface area contributed by atoms with Gasteiger partial charge in [0.05, 0.1) is 53.0 Å². The molecule has 4 aliphatic heterocycles. The van der Waals surface area contributed by atoms with Crippen LogP contribution in [0.15, 0.2) is 65.5 Å². The van der Waals surface area contributed by atoms with Gasteiger partial charge in [-0.05, 0) is 51.1 Å². The number of carboxylic acids is 1. The third-order valence-electron chi connectivity index (χ3n) is 13.5. The van der Waals surface area contributed by atoms with Crippen LogP contribution in [0, 0.1) is 36.4 Å². The molecular formula is C52H68FN5O14. The maximum Gasteiger partial charge on any atom is 0.320 e. The Morgan fingerprint density at radius 1 is 0.986 bits per heavy atom. The van der Waals surface area contributed by atoms with E-state index in [2.05, 4.69) is 15.3 Å². The molecule has 0 radical (unpaired) electrons. The first kappa shape index (κ1) is 56.3. The first-order valence-electron chi connectivity index (χ1n) is 23.6. The van der Waals surface area contributed by atoms with E-state index in [9.17, 15) is 49.1 Å². The lowest BCUT2D eigenvalue weighted by Crippen LogP contribution is -2.46. The number of benzene rings is 3. The summed E-state index contributed by atoms with van der Waals surface area (Å²) in [7, 11) is 3.42. The van der Waals surface area contributed by atoms with Gasteiger partial charge >= 0.3 is 17.7 Å². The van der Waals surface area contributed by atoms with Crippen LogP contribution in [0.25, 0.3) is 10.8 Å². The fourth-order valence-corrected chi connectivity index (χ4v) is 8.93. The first-order chi connectivity index (χ1) is 33.8. The van der Waals surface area contributed by atoms with E-state index < -0.39 is 101 Å². The number of nitrogens with two attached hydrogens (primary N) is 1. The largest absolute Gasteiger partial charge is 0.507 e. The number of hydrogen-bond acceptors (Lipinski definition) is 17. The number of phenolic OH excluding ortho intramolecular Hbond substituents is 3. The van der Waals surface area contributed by atoms with E-state index in [-0.39, 0.29) is 56.7 Å². The second-order valence-corrected chi connectivity index (χ2v) is 18.9. The molecule has 3 aromatic carbocycles. The highest BCUT2D eigenvalue weighted by Crippen LogP contribution is 2.55. The summed E-state index contributed by atoms with van der Waals surface area (Å²) in [6.45, 7) is 15.1. The normalized spacial score (nSPS) is 28.5. The van der Waals surface area contributed by atoms with Crippen molar-refractivity contribution >= 4 is 46.3 Å². The molecule has 9 N–H and O–H groups in total. The lowest BCUT2D eigenvalue weighted by Gasteiger charge is -2.38. The molecule has 4 heterocycles. The highest BCUT2D eigenvalue weighted by Gasteiger charge is 2.50. The van der Waals surface area contributed by atoms with Crippen molar-refractivity contribution < 1.29 is 73.2 Å². The van der Waals surface area contributed by atoms with Gasteiger partial charge in [0.2, 0.25) is 0 Å². The number of aliphatic hydroxyl groups excluding tert-OH is 2. The molecule has 0 aliphatic carbocycles. The molecule has 1 unspecified atom stereocenters. The van der Waals surface area contributed by atoms with Crippen LogP contribution in [0.1, 0.15) is 75.5 Å². The van der Waals surface area contributed by atoms with Crippen molar-refractivity contribution in [3.05, 3.63) is 88.5 Å². The van der Waals surface area contributed by atoms with Crippen molar-refractivity contribution in [2.75, 3.05) is 45.7 Å². The number of rotatable bonds is 7. The molecule has 1 saturated heterocycles. The monoisotopic (exact) mass is 1010 g/mol. The summed E-state index contributed by atoms with van der Waals surface area (Å²) < 4.78 is 36.2. The maximum atomic E-state index is 14.4. The van der Waals surface area contributed by atoms with Crippen molar-refractivity contribution in [2.24, 2.45) is 34.5 Å². The Morgan fingerprint density at radius 3 is 2.26 bits per heavy atom. The van der Waals surface area contributed by atoms with Crippen molar-refractivity contribution in [2.45, 2.75) is 98.1 Å². The molecule has 5 bridgehead atoms. The number of nitrogens with zero attached hydrogens (tertiary/aromatic N) is 3. The summed E-state index contributed by atoms with van der Waals surface area (Å²) in [5, 5.41) is 75.3. The Bertz CT molecular complexity index is 2630. The van der Waals surface area contributed by atoms with Crippen LogP contribution in [-0.2, 0) is 35.0 Å². The van der Waals surface area contributed by atoms with Gasteiger partial charge in [0.25, 0.3) is 11.7 Å². The molecule has 3 aromatic rings. The number of esters is 1. The molecule has 7 rings (SSSR count). The van der Waals surface area contributed by atoms with Crippen LogP contribution in [0.2, 0.25) is 0 Å². The SMILES string of the molecule is CO[C@H]1/C=C/O[C@@]2(C)Oc3c(C)c(O)c4c(O)c(c(/C=N/N5CCN(C)CC5)c(O)c4c3C2=O)NC(=O)/C(C)=C\C=C\[C@H](C)[C@H](O)[C@@H](C)[C@@H](O)[C@@H](C)[C@H](OC(C)=O)[C@@H]1C.NC(Cc1cccc(F)c1)C(=O)O. The molecule has 0 spiro atoms. The number of carboxylic acid groups (broad SMARTS) is 1. The lowest BCUT2D eigenvalue weighted by molar-refractivity contribution is -0.160. The number of aliphatic carboxylic acids is 1. The van der Waals surface area contributed by atoms with Gasteiger partial charge in [-0.2, -0.15) is 5.10 Å². The zero-order valence-electron chi connectivity index (χ0n) is 42.3. The number of ketones is 1. The number of aliphatic hydroxyl groups is 2. The summed E-state index contributed by atoms with van der Waals surface area (Å²) >= 11 is 0. The van der Waals surface area contributed by atoms with Crippen molar-refractivity contribution in [1.82, 2.24) is 9.91 Å². The number of hydrazone groups is 1. The van der Waals surface area contributed by atoms with Gasteiger partial charge in [0, 0.05) is 87.3 Å². The highest BCUT2D eigenvalue weighted by atomic mass is 19.1. The predicted molar refractivity (Wildman–Crippen MR) is 266 cm³/mol. The lowest BCUT2D eigenvalue weighted by atomic mass is 9.78. The molecule has 19 nitrogen and oxygen atoms in total. The van der Waals surface area contributed by atoms with E-state index in [1.54, 1.807) is 50.9 Å². The number of halogens is 1. The summed E-state index contributed by atoms with van der Waals surface area (Å²) in [5.41, 5.74) is 5.52. The topological polar surface area (TPSA) is 283 Å². The van der Waals surface area contributed by atoms with Gasteiger partial charge in [-0.25, -0.2) is 4.39 Å². The Morgan fingerprint density at radius 2 is 1.65 bits per heavy atom. The Labute approximate surface area is 418 Å². The number of carbonyl (C=O) groups excluding carboxylic acids is 3. The summed E-state index contributed by atoms with van der Waals surface area (Å²) in [5.74, 6) is -9.80. The van der Waals surface area contributed by atoms with Gasteiger partial charge < -0.3 is 65.5 Å². The summed E-state index contributed by atoms with van der Waals surface area (Å²) in [6, 6.07) is 4.78. The third kappa shape index (κ3) is 12.5. The zero-order valence-corrected chi connectivity index (χ0v) is 42.3. The van der Waals surface area contributed by atoms with Crippen molar-refractivity contribution in [3.63, 3.8) is 0 Å². The van der Waals surface area contributed by atoms with Gasteiger partial charge in [-0.3, -0.25) is 24.2 Å².